The van der Waals surface area contributed by atoms with Crippen LogP contribution in [0.2, 0.25) is 5.02 Å². The molecule has 0 aliphatic carbocycles. The number of sulfonamides is 1. The van der Waals surface area contributed by atoms with E-state index in [2.05, 4.69) is 31.9 Å². The molecular weight excluding hydrogens is 1240 g/mol. The molecule has 2 atom stereocenters. The van der Waals surface area contributed by atoms with Gasteiger partial charge in [0, 0.05) is 10.6 Å². The summed E-state index contributed by atoms with van der Waals surface area (Å²) in [5, 5.41) is 1.20. The minimum atomic E-state index is -4.23. The second kappa shape index (κ2) is 26.1. The Morgan fingerprint density at radius 2 is 1.38 bits per heavy atom. The van der Waals surface area contributed by atoms with E-state index in [1.165, 1.54) is 32.4 Å². The number of para-hydroxylation sites is 2. The minimum absolute atomic E-state index is 0.107. The maximum Gasteiger partial charge on any atom is 0.514 e. The first-order valence-electron chi connectivity index (χ1n) is 24.2. The Labute approximate surface area is 487 Å². The lowest BCUT2D eigenvalue weighted by Crippen LogP contribution is -2.43. The molecule has 0 bridgehead atoms. The summed E-state index contributed by atoms with van der Waals surface area (Å²) in [5.74, 6) is 0.174. The van der Waals surface area contributed by atoms with Gasteiger partial charge < -0.3 is 52.1 Å². The summed E-state index contributed by atoms with van der Waals surface area (Å²) in [6, 6.07) is 39.0. The fourth-order valence-electron chi connectivity index (χ4n) is 7.90. The van der Waals surface area contributed by atoms with Crippen LogP contribution < -0.4 is 45.0 Å². The average Bonchev–Trinajstić information content (AvgIpc) is 4.06. The van der Waals surface area contributed by atoms with E-state index < -0.39 is 63.6 Å². The van der Waals surface area contributed by atoms with E-state index in [4.69, 9.17) is 63.7 Å². The number of furan rings is 1. The molecule has 20 nitrogen and oxygen atoms in total. The van der Waals surface area contributed by atoms with Crippen LogP contribution in [0.3, 0.4) is 0 Å². The third-order valence-corrected chi connectivity index (χ3v) is 14.4. The number of Topliss-reactive ketones (excluding diaryl/α,β-unsaturated/α-hetero) is 1. The SMILES string of the molecule is CCOC(=O)Oc1c(-c2ccc(Cl)cc2)oc2ccccc2c1=O.COc1ccc2c(c1)C(=O)[C@H](OC(=O)NS(=O)(=O)c1ccc(C)cc1)[C@@H](c1ccc(OC)c(Br)c1)O2.NC(=O)COc1c(-c2ccc(Br)o2)oc2ccccc2c1=O. The molecular formula is C58H45Br2ClN2O18S. The van der Waals surface area contributed by atoms with Crippen LogP contribution in [0.25, 0.3) is 44.8 Å². The van der Waals surface area contributed by atoms with Crippen molar-refractivity contribution in [3.63, 3.8) is 0 Å². The number of ether oxygens (including phenoxy) is 7. The highest BCUT2D eigenvalue weighted by Crippen LogP contribution is 2.41. The smallest absolute Gasteiger partial charge is 0.497 e. The van der Waals surface area contributed by atoms with E-state index in [0.29, 0.717) is 64.5 Å². The zero-order valence-corrected chi connectivity index (χ0v) is 48.1. The summed E-state index contributed by atoms with van der Waals surface area (Å²) < 4.78 is 82.2. The van der Waals surface area contributed by atoms with Gasteiger partial charge in [-0.05, 0) is 154 Å². The molecule has 6 aromatic carbocycles. The van der Waals surface area contributed by atoms with Crippen LogP contribution in [-0.2, 0) is 24.3 Å². The lowest BCUT2D eigenvalue weighted by atomic mass is 9.93. The summed E-state index contributed by atoms with van der Waals surface area (Å²) in [6.07, 6.45) is -4.83. The lowest BCUT2D eigenvalue weighted by Gasteiger charge is -2.32. The van der Waals surface area contributed by atoms with Crippen LogP contribution in [-0.4, -0.2) is 65.9 Å². The number of hydrogen-bond donors (Lipinski definition) is 2. The first-order chi connectivity index (χ1) is 39.3. The molecule has 422 valence electrons. The van der Waals surface area contributed by atoms with Crippen LogP contribution in [0.5, 0.6) is 28.7 Å². The van der Waals surface area contributed by atoms with Crippen molar-refractivity contribution in [2.75, 3.05) is 27.4 Å². The second-order valence-corrected chi connectivity index (χ2v) is 21.0. The van der Waals surface area contributed by atoms with Crippen molar-refractivity contribution >= 4 is 99.4 Å². The monoisotopic (exact) mass is 1280 g/mol. The minimum Gasteiger partial charge on any atom is -0.497 e. The standard InChI is InChI=1S/C25H22BrNO8S.C18H13ClO5.C15H10BrNO5/c1-14-4-8-17(9-5-14)36(30,31)27-25(29)35-24-22(28)18-13-16(32-2)7-11-20(18)34-23(24)15-6-10-21(33-3)19(26)12-15;1-2-22-18(21)24-17-15(20)13-5-3-4-6-14(13)23-16(17)11-7-9-12(19)10-8-11;16-11-6-5-10(21-11)14-15(20-7-12(17)18)13(19)8-3-1-2-4-9(8)22-14/h4-13,23-24H,1-3H3,(H,27,29);3-10H,2H2,1H3;1-6H,7H2,(H2,17,18)/t23-,24+;;/m1../s1. The molecule has 0 saturated heterocycles. The quantitative estimate of drug-likeness (QED) is 0.101. The normalized spacial score (nSPS) is 13.4. The number of carbonyl (C=O) groups excluding carboxylic acids is 4. The number of benzene rings is 6. The van der Waals surface area contributed by atoms with Crippen molar-refractivity contribution < 1.29 is 74.0 Å². The molecule has 0 radical (unpaired) electrons. The van der Waals surface area contributed by atoms with Crippen LogP contribution in [0, 0.1) is 6.92 Å². The molecule has 0 unspecified atom stereocenters. The number of hydrogen-bond acceptors (Lipinski definition) is 18. The topological polar surface area (TPSA) is 279 Å². The number of aryl methyl sites for hydroxylation is 1. The average molecular weight is 1290 g/mol. The Hall–Kier alpha value is -8.90. The first kappa shape index (κ1) is 59.2. The van der Waals surface area contributed by atoms with E-state index in [0.717, 1.165) is 5.56 Å². The third-order valence-electron chi connectivity index (χ3n) is 11.7. The molecule has 0 spiro atoms. The Morgan fingerprint density at radius 1 is 0.732 bits per heavy atom. The molecule has 4 heterocycles. The molecule has 0 fully saturated rings. The summed E-state index contributed by atoms with van der Waals surface area (Å²) in [7, 11) is -1.28. The lowest BCUT2D eigenvalue weighted by molar-refractivity contribution is -0.120. The predicted molar refractivity (Wildman–Crippen MR) is 306 cm³/mol. The maximum atomic E-state index is 13.5. The number of ketones is 1. The molecule has 0 saturated carbocycles. The van der Waals surface area contributed by atoms with Gasteiger partial charge >= 0.3 is 12.2 Å². The predicted octanol–water partition coefficient (Wildman–Crippen LogP) is 11.9. The summed E-state index contributed by atoms with van der Waals surface area (Å²) in [4.78, 5) is 73.9. The molecule has 1 aliphatic heterocycles. The number of nitrogens with one attached hydrogen (secondary N) is 1. The van der Waals surface area contributed by atoms with E-state index in [-0.39, 0.29) is 45.8 Å². The van der Waals surface area contributed by atoms with Gasteiger partial charge in [-0.3, -0.25) is 19.2 Å². The van der Waals surface area contributed by atoms with E-state index in [1.807, 2.05) is 4.72 Å². The van der Waals surface area contributed by atoms with Gasteiger partial charge in [-0.25, -0.2) is 22.7 Å². The molecule has 1 aliphatic rings. The highest BCUT2D eigenvalue weighted by atomic mass is 79.9. The zero-order valence-electron chi connectivity index (χ0n) is 43.4. The molecule has 9 aromatic rings. The molecule has 24 heteroatoms. The van der Waals surface area contributed by atoms with Crippen molar-refractivity contribution in [2.24, 2.45) is 5.73 Å². The van der Waals surface area contributed by atoms with Crippen LogP contribution in [0.1, 0.15) is 34.5 Å². The number of primary amides is 1. The first-order valence-corrected chi connectivity index (χ1v) is 27.6. The number of methoxy groups -OCH3 is 2. The largest absolute Gasteiger partial charge is 0.514 e. The number of carbonyl (C=O) groups is 4. The highest BCUT2D eigenvalue weighted by Gasteiger charge is 2.42. The summed E-state index contributed by atoms with van der Waals surface area (Å²) in [6.45, 7) is 3.15. The van der Waals surface area contributed by atoms with Crippen LogP contribution in [0.15, 0.2) is 182 Å². The van der Waals surface area contributed by atoms with Gasteiger partial charge in [0.2, 0.25) is 40.0 Å². The molecule has 3 aromatic heterocycles. The number of halogens is 3. The summed E-state index contributed by atoms with van der Waals surface area (Å²) in [5.41, 5.74) is 7.05. The Balaban J connectivity index is 0.000000168. The Kier molecular flexibility index (Phi) is 18.9. The van der Waals surface area contributed by atoms with Gasteiger partial charge in [-0.2, -0.15) is 0 Å². The number of amides is 2. The molecule has 10 rings (SSSR count). The Bertz CT molecular complexity index is 4110. The Morgan fingerprint density at radius 3 is 1.98 bits per heavy atom. The van der Waals surface area contributed by atoms with E-state index >= 15 is 0 Å². The second-order valence-electron chi connectivity index (χ2n) is 17.2. The van der Waals surface area contributed by atoms with Gasteiger partial charge in [-0.1, -0.05) is 59.6 Å². The van der Waals surface area contributed by atoms with Gasteiger partial charge in [0.25, 0.3) is 15.9 Å². The molecule has 3 N–H and O–H groups in total. The highest BCUT2D eigenvalue weighted by molar-refractivity contribution is 9.10. The van der Waals surface area contributed by atoms with Crippen molar-refractivity contribution in [3.05, 3.63) is 197 Å². The zero-order chi connectivity index (χ0) is 58.8. The van der Waals surface area contributed by atoms with Crippen LogP contribution in [0.4, 0.5) is 9.59 Å². The fraction of sp³-hybridized carbons (Fsp3) is 0.138. The molecule has 82 heavy (non-hydrogen) atoms. The van der Waals surface area contributed by atoms with Crippen LogP contribution >= 0.6 is 43.5 Å². The van der Waals surface area contributed by atoms with Crippen molar-refractivity contribution in [1.29, 1.82) is 0 Å². The number of fused-ring (bicyclic) bond motifs is 3. The van der Waals surface area contributed by atoms with Gasteiger partial charge in [0.1, 0.15) is 28.4 Å². The summed E-state index contributed by atoms with van der Waals surface area (Å²) >= 11 is 12.5. The van der Waals surface area contributed by atoms with Crippen molar-refractivity contribution in [2.45, 2.75) is 31.0 Å². The van der Waals surface area contributed by atoms with Crippen molar-refractivity contribution in [3.8, 4) is 51.6 Å². The van der Waals surface area contributed by atoms with Gasteiger partial charge in [-0.15, -0.1) is 0 Å². The van der Waals surface area contributed by atoms with Crippen molar-refractivity contribution in [1.82, 2.24) is 4.72 Å². The van der Waals surface area contributed by atoms with E-state index in [9.17, 15) is 37.2 Å². The third kappa shape index (κ3) is 13.8. The fourth-order valence-corrected chi connectivity index (χ4v) is 9.77. The molecule has 2 amide bonds. The van der Waals surface area contributed by atoms with Gasteiger partial charge in [0.05, 0.1) is 46.5 Å². The van der Waals surface area contributed by atoms with Gasteiger partial charge in [0.15, 0.2) is 28.9 Å². The number of rotatable bonds is 13. The van der Waals surface area contributed by atoms with E-state index in [1.54, 1.807) is 141 Å². The number of nitrogens with two attached hydrogens (primary N) is 1. The maximum absolute atomic E-state index is 13.5.